The Balaban J connectivity index is 1.43. The largest absolute Gasteiger partial charge is 0.434 e. The summed E-state index contributed by atoms with van der Waals surface area (Å²) in [5, 5.41) is 11.6. The molecule has 11 heteroatoms. The molecule has 1 aliphatic rings. The molecular formula is C24H24F3N5O3. The number of carbonyl (C=O) groups is 2. The predicted octanol–water partition coefficient (Wildman–Crippen LogP) is 4.75. The van der Waals surface area contributed by atoms with Crippen LogP contribution in [0.1, 0.15) is 34.5 Å². The van der Waals surface area contributed by atoms with Crippen LogP contribution in [-0.4, -0.2) is 41.0 Å². The first kappa shape index (κ1) is 24.3. The lowest BCUT2D eigenvalue weighted by molar-refractivity contribution is -0.143. The van der Waals surface area contributed by atoms with E-state index in [9.17, 15) is 22.8 Å². The summed E-state index contributed by atoms with van der Waals surface area (Å²) in [6.45, 7) is 2.91. The number of nitrogens with zero attached hydrogens (tertiary/aromatic N) is 2. The molecule has 35 heavy (non-hydrogen) atoms. The minimum Gasteiger partial charge on any atom is -0.376 e. The number of carbonyl (C=O) groups excluding carboxylic acids is 2. The summed E-state index contributed by atoms with van der Waals surface area (Å²) in [4.78, 5) is 24.7. The van der Waals surface area contributed by atoms with Crippen LogP contribution in [0.5, 0.6) is 0 Å². The van der Waals surface area contributed by atoms with Gasteiger partial charge in [-0.2, -0.15) is 18.3 Å². The Hall–Kier alpha value is -3.86. The Morgan fingerprint density at radius 3 is 2.31 bits per heavy atom. The van der Waals surface area contributed by atoms with Crippen LogP contribution in [0.4, 0.5) is 29.3 Å². The molecule has 0 aliphatic carbocycles. The first-order valence-corrected chi connectivity index (χ1v) is 11.0. The van der Waals surface area contributed by atoms with Crippen LogP contribution in [-0.2, 0) is 10.9 Å². The number of ether oxygens (including phenoxy) is 1. The number of aryl methyl sites for hydroxylation is 1. The lowest BCUT2D eigenvalue weighted by Crippen LogP contribution is -2.35. The van der Waals surface area contributed by atoms with Gasteiger partial charge in [0.1, 0.15) is 0 Å². The van der Waals surface area contributed by atoms with Gasteiger partial charge in [-0.25, -0.2) is 9.48 Å². The van der Waals surface area contributed by atoms with Crippen molar-refractivity contribution in [3.05, 3.63) is 71.5 Å². The summed E-state index contributed by atoms with van der Waals surface area (Å²) in [6.07, 6.45) is -2.03. The highest BCUT2D eigenvalue weighted by Gasteiger charge is 2.40. The zero-order valence-corrected chi connectivity index (χ0v) is 18.9. The van der Waals surface area contributed by atoms with Gasteiger partial charge in [0.25, 0.3) is 5.91 Å². The number of benzene rings is 2. The number of aromatic nitrogens is 2. The fourth-order valence-corrected chi connectivity index (χ4v) is 3.69. The first-order chi connectivity index (χ1) is 16.7. The second-order valence-electron chi connectivity index (χ2n) is 8.15. The number of rotatable bonds is 6. The fourth-order valence-electron chi connectivity index (χ4n) is 3.69. The highest BCUT2D eigenvalue weighted by atomic mass is 19.4. The summed E-state index contributed by atoms with van der Waals surface area (Å²) in [7, 11) is 0. The highest BCUT2D eigenvalue weighted by Crippen LogP contribution is 2.34. The minimum atomic E-state index is -4.81. The third kappa shape index (κ3) is 5.99. The van der Waals surface area contributed by atoms with Crippen LogP contribution < -0.4 is 16.0 Å². The SMILES string of the molecule is Cc1ccc(-n2ncc(C(=O)Nc3ccc(NC(=O)NCC4CCCO4)cc3)c2C(F)(F)F)cc1. The van der Waals surface area contributed by atoms with E-state index < -0.39 is 29.4 Å². The number of urea groups is 1. The van der Waals surface area contributed by atoms with Gasteiger partial charge in [0.2, 0.25) is 0 Å². The molecule has 0 saturated carbocycles. The molecule has 4 rings (SSSR count). The van der Waals surface area contributed by atoms with E-state index in [4.69, 9.17) is 4.74 Å². The average molecular weight is 487 g/mol. The second-order valence-corrected chi connectivity index (χ2v) is 8.15. The number of nitrogens with one attached hydrogen (secondary N) is 3. The molecule has 0 spiro atoms. The number of hydrogen-bond donors (Lipinski definition) is 3. The van der Waals surface area contributed by atoms with Crippen molar-refractivity contribution in [1.82, 2.24) is 15.1 Å². The van der Waals surface area contributed by atoms with Gasteiger partial charge in [-0.3, -0.25) is 4.79 Å². The van der Waals surface area contributed by atoms with Crippen molar-refractivity contribution in [1.29, 1.82) is 0 Å². The molecule has 3 aromatic rings. The summed E-state index contributed by atoms with van der Waals surface area (Å²) in [6, 6.07) is 11.9. The van der Waals surface area contributed by atoms with Crippen LogP contribution in [0.2, 0.25) is 0 Å². The lowest BCUT2D eigenvalue weighted by Gasteiger charge is -2.13. The van der Waals surface area contributed by atoms with Gasteiger partial charge in [-0.15, -0.1) is 0 Å². The smallest absolute Gasteiger partial charge is 0.376 e. The van der Waals surface area contributed by atoms with Crippen LogP contribution in [0.3, 0.4) is 0 Å². The molecular weight excluding hydrogens is 463 g/mol. The van der Waals surface area contributed by atoms with E-state index in [0.29, 0.717) is 23.5 Å². The van der Waals surface area contributed by atoms with Crippen molar-refractivity contribution in [2.45, 2.75) is 32.0 Å². The molecule has 1 unspecified atom stereocenters. The summed E-state index contributed by atoms with van der Waals surface area (Å²) < 4.78 is 47.7. The summed E-state index contributed by atoms with van der Waals surface area (Å²) >= 11 is 0. The van der Waals surface area contributed by atoms with E-state index >= 15 is 0 Å². The second kappa shape index (κ2) is 10.2. The molecule has 1 saturated heterocycles. The Kier molecular flexibility index (Phi) is 7.06. The van der Waals surface area contributed by atoms with E-state index in [1.807, 2.05) is 6.92 Å². The normalized spacial score (nSPS) is 15.6. The summed E-state index contributed by atoms with van der Waals surface area (Å²) in [5.41, 5.74) is 0.0159. The Labute approximate surface area is 199 Å². The third-order valence-corrected chi connectivity index (χ3v) is 5.48. The summed E-state index contributed by atoms with van der Waals surface area (Å²) in [5.74, 6) is -0.953. The number of amides is 3. The van der Waals surface area contributed by atoms with E-state index in [2.05, 4.69) is 21.0 Å². The zero-order valence-electron chi connectivity index (χ0n) is 18.9. The fraction of sp³-hybridized carbons (Fsp3) is 0.292. The maximum atomic E-state index is 13.8. The molecule has 1 aliphatic heterocycles. The molecule has 1 fully saturated rings. The quantitative estimate of drug-likeness (QED) is 0.467. The standard InChI is InChI=1S/C24H24F3N5O3/c1-15-4-10-18(11-5-15)32-21(24(25,26)27)20(14-29-32)22(33)30-16-6-8-17(9-7-16)31-23(34)28-13-19-3-2-12-35-19/h4-11,14,19H,2-3,12-13H2,1H3,(H,30,33)(H2,28,31,34). The lowest BCUT2D eigenvalue weighted by atomic mass is 10.2. The molecule has 0 radical (unpaired) electrons. The molecule has 2 heterocycles. The number of halogens is 3. The van der Waals surface area contributed by atoms with Gasteiger partial charge in [-0.1, -0.05) is 17.7 Å². The van der Waals surface area contributed by atoms with Crippen LogP contribution in [0.15, 0.2) is 54.7 Å². The number of alkyl halides is 3. The maximum absolute atomic E-state index is 13.8. The third-order valence-electron chi connectivity index (χ3n) is 5.48. The topological polar surface area (TPSA) is 97.3 Å². The van der Waals surface area contributed by atoms with Gasteiger partial charge >= 0.3 is 12.2 Å². The van der Waals surface area contributed by atoms with Crippen molar-refractivity contribution < 1.29 is 27.5 Å². The van der Waals surface area contributed by atoms with Crippen molar-refractivity contribution in [2.75, 3.05) is 23.8 Å². The van der Waals surface area contributed by atoms with E-state index in [-0.39, 0.29) is 17.5 Å². The average Bonchev–Trinajstić information content (AvgIpc) is 3.50. The van der Waals surface area contributed by atoms with Gasteiger partial charge in [0.15, 0.2) is 5.69 Å². The molecule has 3 N–H and O–H groups in total. The maximum Gasteiger partial charge on any atom is 0.434 e. The van der Waals surface area contributed by atoms with Crippen molar-refractivity contribution >= 4 is 23.3 Å². The van der Waals surface area contributed by atoms with Gasteiger partial charge in [0.05, 0.1) is 23.6 Å². The molecule has 0 bridgehead atoms. The highest BCUT2D eigenvalue weighted by molar-refractivity contribution is 6.05. The Morgan fingerprint density at radius 1 is 1.06 bits per heavy atom. The predicted molar refractivity (Wildman–Crippen MR) is 124 cm³/mol. The molecule has 3 amide bonds. The van der Waals surface area contributed by atoms with Crippen LogP contribution in [0.25, 0.3) is 5.69 Å². The molecule has 184 valence electrons. The van der Waals surface area contributed by atoms with Crippen molar-refractivity contribution in [2.24, 2.45) is 0 Å². The Morgan fingerprint density at radius 2 is 1.71 bits per heavy atom. The van der Waals surface area contributed by atoms with Crippen LogP contribution in [0, 0.1) is 6.92 Å². The van der Waals surface area contributed by atoms with Crippen molar-refractivity contribution in [3.63, 3.8) is 0 Å². The molecule has 2 aromatic carbocycles. The first-order valence-electron chi connectivity index (χ1n) is 11.0. The van der Waals surface area contributed by atoms with E-state index in [1.165, 1.54) is 36.4 Å². The molecule has 1 aromatic heterocycles. The number of hydrogen-bond acceptors (Lipinski definition) is 4. The van der Waals surface area contributed by atoms with E-state index in [0.717, 1.165) is 24.6 Å². The van der Waals surface area contributed by atoms with Gasteiger partial charge < -0.3 is 20.7 Å². The minimum absolute atomic E-state index is 0.00953. The van der Waals surface area contributed by atoms with Crippen molar-refractivity contribution in [3.8, 4) is 5.69 Å². The Bertz CT molecular complexity index is 1180. The van der Waals surface area contributed by atoms with Crippen LogP contribution >= 0.6 is 0 Å². The van der Waals surface area contributed by atoms with Gasteiger partial charge in [-0.05, 0) is 56.2 Å². The molecule has 8 nitrogen and oxygen atoms in total. The van der Waals surface area contributed by atoms with E-state index in [1.54, 1.807) is 12.1 Å². The molecule has 1 atom stereocenters. The van der Waals surface area contributed by atoms with Gasteiger partial charge in [0, 0.05) is 24.5 Å². The number of anilines is 2. The zero-order chi connectivity index (χ0) is 25.0. The monoisotopic (exact) mass is 487 g/mol.